The molecule has 0 bridgehead atoms. The second-order valence-corrected chi connectivity index (χ2v) is 5.69. The fraction of sp³-hybridized carbons (Fsp3) is 0.308. The van der Waals surface area contributed by atoms with E-state index in [1.54, 1.807) is 23.9 Å². The third-order valence-electron chi connectivity index (χ3n) is 3.39. The number of oxazole rings is 1. The first kappa shape index (κ1) is 11.8. The second-order valence-electron chi connectivity index (χ2n) is 4.75. The summed E-state index contributed by atoms with van der Waals surface area (Å²) in [7, 11) is 0. The van der Waals surface area contributed by atoms with Crippen molar-refractivity contribution in [2.45, 2.75) is 19.6 Å². The van der Waals surface area contributed by atoms with Crippen LogP contribution in [0.5, 0.6) is 0 Å². The highest BCUT2D eigenvalue weighted by atomic mass is 32.1. The van der Waals surface area contributed by atoms with E-state index in [0.29, 0.717) is 6.54 Å². The fourth-order valence-electron chi connectivity index (χ4n) is 2.36. The summed E-state index contributed by atoms with van der Waals surface area (Å²) < 4.78 is 7.90. The molecule has 3 aromatic heterocycles. The van der Waals surface area contributed by atoms with Gasteiger partial charge in [-0.3, -0.25) is 4.90 Å². The molecule has 0 N–H and O–H groups in total. The molecule has 102 valence electrons. The number of hydrogen-bond donors (Lipinski definition) is 0. The summed E-state index contributed by atoms with van der Waals surface area (Å²) in [6, 6.07) is 4.05. The molecule has 7 heteroatoms. The van der Waals surface area contributed by atoms with Crippen LogP contribution in [-0.2, 0) is 19.6 Å². The quantitative estimate of drug-likeness (QED) is 0.737. The van der Waals surface area contributed by atoms with E-state index < -0.39 is 0 Å². The monoisotopic (exact) mass is 287 g/mol. The zero-order valence-electron chi connectivity index (χ0n) is 10.8. The summed E-state index contributed by atoms with van der Waals surface area (Å²) in [5, 5.41) is 10.1. The largest absolute Gasteiger partial charge is 0.438 e. The lowest BCUT2D eigenvalue weighted by Crippen LogP contribution is -2.33. The first-order valence-electron chi connectivity index (χ1n) is 6.46. The predicted molar refractivity (Wildman–Crippen MR) is 74.0 cm³/mol. The molecule has 0 fully saturated rings. The van der Waals surface area contributed by atoms with Crippen LogP contribution in [0, 0.1) is 0 Å². The van der Waals surface area contributed by atoms with Crippen molar-refractivity contribution in [3.63, 3.8) is 0 Å². The Kier molecular flexibility index (Phi) is 2.86. The minimum Gasteiger partial charge on any atom is -0.438 e. The standard InChI is InChI=1S/C13H13N5OS/c1-2-11(20-5-1)10-6-14-13(19-10)8-17-3-4-18-9-15-16-12(18)7-17/h1-2,5-6,9H,3-4,7-8H2. The molecule has 1 aliphatic rings. The number of nitrogens with zero attached hydrogens (tertiary/aromatic N) is 5. The van der Waals surface area contributed by atoms with Crippen LogP contribution in [0.4, 0.5) is 0 Å². The van der Waals surface area contributed by atoms with E-state index in [0.717, 1.165) is 42.0 Å². The Balaban J connectivity index is 1.48. The van der Waals surface area contributed by atoms with Gasteiger partial charge in [0.1, 0.15) is 12.2 Å². The van der Waals surface area contributed by atoms with Crippen LogP contribution in [0.15, 0.2) is 34.5 Å². The number of aromatic nitrogens is 4. The minimum absolute atomic E-state index is 0.707. The Morgan fingerprint density at radius 1 is 1.35 bits per heavy atom. The van der Waals surface area contributed by atoms with Crippen molar-refractivity contribution in [3.8, 4) is 10.6 Å². The molecule has 6 nitrogen and oxygen atoms in total. The molecule has 0 saturated carbocycles. The Morgan fingerprint density at radius 3 is 3.25 bits per heavy atom. The Hall–Kier alpha value is -1.99. The zero-order valence-corrected chi connectivity index (χ0v) is 11.6. The lowest BCUT2D eigenvalue weighted by Gasteiger charge is -2.25. The summed E-state index contributed by atoms with van der Waals surface area (Å²) in [5.41, 5.74) is 0. The van der Waals surface area contributed by atoms with Crippen LogP contribution >= 0.6 is 11.3 Å². The van der Waals surface area contributed by atoms with E-state index in [4.69, 9.17) is 4.42 Å². The second kappa shape index (κ2) is 4.84. The maximum absolute atomic E-state index is 5.82. The Bertz CT molecular complexity index is 702. The highest BCUT2D eigenvalue weighted by Crippen LogP contribution is 2.25. The number of fused-ring (bicyclic) bond motifs is 1. The van der Waals surface area contributed by atoms with Gasteiger partial charge in [-0.1, -0.05) is 6.07 Å². The first-order chi connectivity index (χ1) is 9.88. The van der Waals surface area contributed by atoms with Crippen LogP contribution < -0.4 is 0 Å². The molecular formula is C13H13N5OS. The molecule has 0 saturated heterocycles. The van der Waals surface area contributed by atoms with Gasteiger partial charge < -0.3 is 8.98 Å². The molecule has 3 aromatic rings. The Labute approximate surface area is 119 Å². The van der Waals surface area contributed by atoms with Crippen LogP contribution in [-0.4, -0.2) is 31.2 Å². The van der Waals surface area contributed by atoms with E-state index in [1.807, 2.05) is 17.5 Å². The molecule has 0 atom stereocenters. The summed E-state index contributed by atoms with van der Waals surface area (Å²) >= 11 is 1.66. The van der Waals surface area contributed by atoms with Crippen molar-refractivity contribution in [2.75, 3.05) is 6.54 Å². The van der Waals surface area contributed by atoms with E-state index in [1.165, 1.54) is 0 Å². The summed E-state index contributed by atoms with van der Waals surface area (Å²) in [4.78, 5) is 7.75. The van der Waals surface area contributed by atoms with Gasteiger partial charge in [-0.15, -0.1) is 21.5 Å². The molecule has 0 amide bonds. The third-order valence-corrected chi connectivity index (χ3v) is 4.28. The van der Waals surface area contributed by atoms with Gasteiger partial charge in [0, 0.05) is 13.1 Å². The maximum Gasteiger partial charge on any atom is 0.209 e. The SMILES string of the molecule is c1csc(-c2cnc(CN3CCn4cnnc4C3)o2)c1. The van der Waals surface area contributed by atoms with Crippen LogP contribution in [0.25, 0.3) is 10.6 Å². The van der Waals surface area contributed by atoms with Crippen LogP contribution in [0.1, 0.15) is 11.7 Å². The number of thiophene rings is 1. The molecule has 1 aliphatic heterocycles. The summed E-state index contributed by atoms with van der Waals surface area (Å²) in [5.74, 6) is 2.60. The van der Waals surface area contributed by atoms with Crippen LogP contribution in [0.2, 0.25) is 0 Å². The van der Waals surface area contributed by atoms with Crippen molar-refractivity contribution in [3.05, 3.63) is 41.8 Å². The van der Waals surface area contributed by atoms with E-state index in [9.17, 15) is 0 Å². The normalized spacial score (nSPS) is 15.4. The van der Waals surface area contributed by atoms with Crippen molar-refractivity contribution in [2.24, 2.45) is 0 Å². The zero-order chi connectivity index (χ0) is 13.4. The molecule has 0 aromatic carbocycles. The predicted octanol–water partition coefficient (Wildman–Crippen LogP) is 2.01. The molecule has 20 heavy (non-hydrogen) atoms. The van der Waals surface area contributed by atoms with Crippen molar-refractivity contribution in [1.29, 1.82) is 0 Å². The first-order valence-corrected chi connectivity index (χ1v) is 7.34. The molecule has 0 spiro atoms. The molecule has 0 aliphatic carbocycles. The van der Waals surface area contributed by atoms with E-state index in [2.05, 4.69) is 24.6 Å². The van der Waals surface area contributed by atoms with Gasteiger partial charge in [-0.25, -0.2) is 4.98 Å². The Morgan fingerprint density at radius 2 is 2.35 bits per heavy atom. The lowest BCUT2D eigenvalue weighted by molar-refractivity contribution is 0.191. The lowest BCUT2D eigenvalue weighted by atomic mass is 10.3. The minimum atomic E-state index is 0.707. The summed E-state index contributed by atoms with van der Waals surface area (Å²) in [6.45, 7) is 3.37. The number of hydrogen-bond acceptors (Lipinski definition) is 6. The van der Waals surface area contributed by atoms with Crippen molar-refractivity contribution < 1.29 is 4.42 Å². The van der Waals surface area contributed by atoms with Gasteiger partial charge in [0.2, 0.25) is 5.89 Å². The van der Waals surface area contributed by atoms with Gasteiger partial charge in [0.05, 0.1) is 24.2 Å². The smallest absolute Gasteiger partial charge is 0.209 e. The van der Waals surface area contributed by atoms with E-state index >= 15 is 0 Å². The third kappa shape index (κ3) is 2.14. The van der Waals surface area contributed by atoms with E-state index in [-0.39, 0.29) is 0 Å². The average Bonchev–Trinajstić information content (AvgIpc) is 3.19. The van der Waals surface area contributed by atoms with Gasteiger partial charge in [-0.05, 0) is 11.4 Å². The molecule has 0 radical (unpaired) electrons. The molecule has 0 unspecified atom stereocenters. The summed E-state index contributed by atoms with van der Waals surface area (Å²) in [6.07, 6.45) is 3.58. The van der Waals surface area contributed by atoms with Crippen LogP contribution in [0.3, 0.4) is 0 Å². The van der Waals surface area contributed by atoms with Crippen molar-refractivity contribution >= 4 is 11.3 Å². The molecule has 4 heterocycles. The highest BCUT2D eigenvalue weighted by molar-refractivity contribution is 7.13. The molecular weight excluding hydrogens is 274 g/mol. The van der Waals surface area contributed by atoms with Gasteiger partial charge in [-0.2, -0.15) is 0 Å². The highest BCUT2D eigenvalue weighted by Gasteiger charge is 2.19. The van der Waals surface area contributed by atoms with Gasteiger partial charge in [0.25, 0.3) is 0 Å². The van der Waals surface area contributed by atoms with Gasteiger partial charge >= 0.3 is 0 Å². The van der Waals surface area contributed by atoms with Crippen molar-refractivity contribution in [1.82, 2.24) is 24.6 Å². The number of rotatable bonds is 3. The van der Waals surface area contributed by atoms with Gasteiger partial charge in [0.15, 0.2) is 5.76 Å². The fourth-order valence-corrected chi connectivity index (χ4v) is 3.03. The average molecular weight is 287 g/mol. The topological polar surface area (TPSA) is 60.0 Å². The molecule has 4 rings (SSSR count). The maximum atomic E-state index is 5.82.